The highest BCUT2D eigenvalue weighted by Crippen LogP contribution is 2.29. The van der Waals surface area contributed by atoms with E-state index in [2.05, 4.69) is 26.2 Å². The van der Waals surface area contributed by atoms with Crippen LogP contribution in [0.25, 0.3) is 11.3 Å². The number of aromatic nitrogens is 2. The summed E-state index contributed by atoms with van der Waals surface area (Å²) in [6.45, 7) is 0.454. The normalized spacial score (nSPS) is 11.6. The van der Waals surface area contributed by atoms with Gasteiger partial charge in [0.15, 0.2) is 0 Å². The predicted molar refractivity (Wildman–Crippen MR) is 97.1 cm³/mol. The van der Waals surface area contributed by atoms with Crippen LogP contribution in [-0.2, 0) is 16.6 Å². The second kappa shape index (κ2) is 7.07. The van der Waals surface area contributed by atoms with Gasteiger partial charge < -0.3 is 5.32 Å². The van der Waals surface area contributed by atoms with Crippen LogP contribution in [0.4, 0.5) is 4.39 Å². The number of pyridine rings is 1. The minimum absolute atomic E-state index is 0.110. The number of hydrogen-bond donors (Lipinski definition) is 1. The highest BCUT2D eigenvalue weighted by molar-refractivity contribution is 9.10. The molecule has 2 aromatic heterocycles. The van der Waals surface area contributed by atoms with Crippen molar-refractivity contribution in [1.29, 1.82) is 0 Å². The third-order valence-corrected chi connectivity index (χ3v) is 5.77. The van der Waals surface area contributed by atoms with E-state index in [1.807, 2.05) is 0 Å². The molecule has 0 radical (unpaired) electrons. The van der Waals surface area contributed by atoms with Crippen LogP contribution in [0.15, 0.2) is 64.2 Å². The Kier molecular flexibility index (Phi) is 5.03. The fourth-order valence-corrected chi connectivity index (χ4v) is 4.50. The number of hydrogen-bond acceptors (Lipinski definition) is 4. The van der Waals surface area contributed by atoms with Crippen molar-refractivity contribution in [3.63, 3.8) is 0 Å². The third kappa shape index (κ3) is 3.51. The van der Waals surface area contributed by atoms with E-state index >= 15 is 0 Å². The highest BCUT2D eigenvalue weighted by Gasteiger charge is 2.23. The molecule has 0 atom stereocenters. The summed E-state index contributed by atoms with van der Waals surface area (Å²) in [4.78, 5) is 3.73. The van der Waals surface area contributed by atoms with Crippen molar-refractivity contribution in [2.24, 2.45) is 0 Å². The van der Waals surface area contributed by atoms with Gasteiger partial charge in [0.2, 0.25) is 5.95 Å². The first kappa shape index (κ1) is 17.8. The van der Waals surface area contributed by atoms with Gasteiger partial charge in [0, 0.05) is 23.4 Å². The summed E-state index contributed by atoms with van der Waals surface area (Å²) in [6, 6.07) is 11.1. The summed E-state index contributed by atoms with van der Waals surface area (Å²) in [7, 11) is -2.14. The molecule has 0 aliphatic carbocycles. The van der Waals surface area contributed by atoms with Gasteiger partial charge in [-0.05, 0) is 49.0 Å². The summed E-state index contributed by atoms with van der Waals surface area (Å²) in [6.07, 6.45) is 2.82. The monoisotopic (exact) mass is 423 g/mol. The molecule has 0 unspecified atom stereocenters. The molecule has 0 saturated heterocycles. The van der Waals surface area contributed by atoms with Crippen molar-refractivity contribution >= 4 is 26.0 Å². The summed E-state index contributed by atoms with van der Waals surface area (Å²) in [5, 5.41) is 2.97. The van der Waals surface area contributed by atoms with Crippen LogP contribution in [0.3, 0.4) is 0 Å². The van der Waals surface area contributed by atoms with E-state index in [9.17, 15) is 12.8 Å². The maximum Gasteiger partial charge on any atom is 0.268 e. The van der Waals surface area contributed by atoms with E-state index in [0.29, 0.717) is 11.0 Å². The molecule has 0 aliphatic heterocycles. The molecule has 25 heavy (non-hydrogen) atoms. The molecular weight excluding hydrogens is 409 g/mol. The van der Waals surface area contributed by atoms with Crippen LogP contribution < -0.4 is 5.32 Å². The Labute approximate surface area is 153 Å². The Balaban J connectivity index is 2.23. The van der Waals surface area contributed by atoms with Gasteiger partial charge in [0.25, 0.3) is 10.0 Å². The summed E-state index contributed by atoms with van der Waals surface area (Å²) >= 11 is 3.28. The number of rotatable bonds is 5. The first-order valence-electron chi connectivity index (χ1n) is 7.41. The van der Waals surface area contributed by atoms with Crippen LogP contribution in [0.2, 0.25) is 0 Å². The van der Waals surface area contributed by atoms with Crippen molar-refractivity contribution in [2.45, 2.75) is 11.4 Å². The van der Waals surface area contributed by atoms with Gasteiger partial charge >= 0.3 is 0 Å². The zero-order valence-corrected chi connectivity index (χ0v) is 15.7. The fourth-order valence-electron chi connectivity index (χ4n) is 2.51. The number of nitrogens with one attached hydrogen (secondary N) is 1. The molecule has 0 aliphatic rings. The molecule has 130 valence electrons. The Morgan fingerprint density at radius 3 is 2.72 bits per heavy atom. The molecule has 0 fully saturated rings. The molecule has 2 heterocycles. The topological polar surface area (TPSA) is 64.0 Å². The summed E-state index contributed by atoms with van der Waals surface area (Å²) < 4.78 is 42.1. The average molecular weight is 424 g/mol. The van der Waals surface area contributed by atoms with Gasteiger partial charge in [0.1, 0.15) is 0 Å². The van der Waals surface area contributed by atoms with E-state index in [-0.39, 0.29) is 16.2 Å². The quantitative estimate of drug-likeness (QED) is 0.638. The number of benzene rings is 1. The van der Waals surface area contributed by atoms with Crippen LogP contribution in [0, 0.1) is 5.95 Å². The average Bonchev–Trinajstić information content (AvgIpc) is 3.00. The molecule has 3 rings (SSSR count). The van der Waals surface area contributed by atoms with Crippen LogP contribution in [0.5, 0.6) is 0 Å². The predicted octanol–water partition coefficient (Wildman–Crippen LogP) is 3.41. The van der Waals surface area contributed by atoms with E-state index in [4.69, 9.17) is 0 Å². The molecule has 1 aromatic carbocycles. The molecule has 5 nitrogen and oxygen atoms in total. The van der Waals surface area contributed by atoms with Gasteiger partial charge in [-0.25, -0.2) is 17.4 Å². The number of nitrogens with zero attached hydrogens (tertiary/aromatic N) is 2. The molecule has 0 bridgehead atoms. The Bertz CT molecular complexity index is 1020. The van der Waals surface area contributed by atoms with Gasteiger partial charge in [-0.15, -0.1) is 0 Å². The van der Waals surface area contributed by atoms with Gasteiger partial charge in [-0.1, -0.05) is 22.0 Å². The molecule has 1 N–H and O–H groups in total. The summed E-state index contributed by atoms with van der Waals surface area (Å²) in [5.41, 5.74) is 1.08. The van der Waals surface area contributed by atoms with Crippen LogP contribution >= 0.6 is 15.9 Å². The first-order valence-corrected chi connectivity index (χ1v) is 9.64. The molecule has 0 saturated carbocycles. The second-order valence-corrected chi connectivity index (χ2v) is 8.09. The minimum atomic E-state index is -3.89. The lowest BCUT2D eigenvalue weighted by Gasteiger charge is -2.11. The lowest BCUT2D eigenvalue weighted by atomic mass is 10.2. The fraction of sp³-hybridized carbons (Fsp3) is 0.118. The van der Waals surface area contributed by atoms with Crippen molar-refractivity contribution < 1.29 is 12.8 Å². The smallest absolute Gasteiger partial charge is 0.268 e. The third-order valence-electron chi connectivity index (χ3n) is 3.61. The van der Waals surface area contributed by atoms with Gasteiger partial charge in [-0.2, -0.15) is 4.39 Å². The van der Waals surface area contributed by atoms with Crippen LogP contribution in [0.1, 0.15) is 5.56 Å². The minimum Gasteiger partial charge on any atom is -0.316 e. The molecule has 0 amide bonds. The Hall–Kier alpha value is -2.03. The summed E-state index contributed by atoms with van der Waals surface area (Å²) in [5.74, 6) is -0.720. The van der Waals surface area contributed by atoms with E-state index in [0.717, 1.165) is 9.54 Å². The highest BCUT2D eigenvalue weighted by atomic mass is 79.9. The largest absolute Gasteiger partial charge is 0.316 e. The zero-order chi connectivity index (χ0) is 18.0. The van der Waals surface area contributed by atoms with Crippen molar-refractivity contribution in [2.75, 3.05) is 7.05 Å². The van der Waals surface area contributed by atoms with E-state index in [1.165, 1.54) is 30.6 Å². The van der Waals surface area contributed by atoms with Crippen molar-refractivity contribution in [3.8, 4) is 11.3 Å². The Morgan fingerprint density at radius 2 is 2.04 bits per heavy atom. The Morgan fingerprint density at radius 1 is 1.24 bits per heavy atom. The lowest BCUT2D eigenvalue weighted by molar-refractivity contribution is 0.583. The standard InChI is InChI=1S/C17H15BrFN3O2S/c1-20-10-12-8-16(15-6-3-7-21-17(15)19)22(11-12)25(23,24)14-5-2-4-13(18)9-14/h2-9,11,20H,10H2,1H3. The molecular formula is C17H15BrFN3O2S. The molecule has 0 spiro atoms. The first-order chi connectivity index (χ1) is 11.9. The van der Waals surface area contributed by atoms with Crippen LogP contribution in [-0.4, -0.2) is 24.4 Å². The van der Waals surface area contributed by atoms with E-state index < -0.39 is 16.0 Å². The maximum absolute atomic E-state index is 14.2. The maximum atomic E-state index is 14.2. The lowest BCUT2D eigenvalue weighted by Crippen LogP contribution is -2.14. The van der Waals surface area contributed by atoms with Gasteiger partial charge in [0.05, 0.1) is 16.2 Å². The SMILES string of the molecule is CNCc1cc(-c2cccnc2F)n(S(=O)(=O)c2cccc(Br)c2)c1. The van der Waals surface area contributed by atoms with Gasteiger partial charge in [-0.3, -0.25) is 0 Å². The zero-order valence-electron chi connectivity index (χ0n) is 13.3. The second-order valence-electron chi connectivity index (χ2n) is 5.36. The van der Waals surface area contributed by atoms with Crippen molar-refractivity contribution in [1.82, 2.24) is 14.3 Å². The van der Waals surface area contributed by atoms with E-state index in [1.54, 1.807) is 31.3 Å². The molecule has 3 aromatic rings. The number of halogens is 2. The molecule has 8 heteroatoms. The van der Waals surface area contributed by atoms with Crippen molar-refractivity contribution in [3.05, 3.63) is 70.8 Å².